The van der Waals surface area contributed by atoms with Gasteiger partial charge in [0.15, 0.2) is 0 Å². The van der Waals surface area contributed by atoms with Gasteiger partial charge < -0.3 is 14.6 Å². The van der Waals surface area contributed by atoms with Crippen LogP contribution in [0.25, 0.3) is 22.3 Å². The van der Waals surface area contributed by atoms with Gasteiger partial charge >= 0.3 is 0 Å². The van der Waals surface area contributed by atoms with Crippen molar-refractivity contribution >= 4 is 11.0 Å². The molecule has 1 aromatic heterocycles. The number of phenolic OH excluding ortho intramolecular Hbond substituents is 2. The Labute approximate surface area is 97.6 Å². The van der Waals surface area contributed by atoms with Crippen LogP contribution in [0.3, 0.4) is 0 Å². The van der Waals surface area contributed by atoms with Crippen LogP contribution in [0.4, 0.5) is 0 Å². The van der Waals surface area contributed by atoms with Crippen LogP contribution < -0.4 is 0 Å². The van der Waals surface area contributed by atoms with Gasteiger partial charge in [-0.05, 0) is 6.07 Å². The number of rotatable bonds is 1. The lowest BCUT2D eigenvalue weighted by atomic mass is 10.1. The highest BCUT2D eigenvalue weighted by molar-refractivity contribution is 5.89. The summed E-state index contributed by atoms with van der Waals surface area (Å²) in [6.45, 7) is 0. The molecule has 3 heteroatoms. The first kappa shape index (κ1) is 9.78. The smallest absolute Gasteiger partial charge is 0.142 e. The first-order valence-electron chi connectivity index (χ1n) is 5.25. The van der Waals surface area contributed by atoms with E-state index in [1.54, 1.807) is 6.07 Å². The Balaban J connectivity index is 2.24. The molecule has 17 heavy (non-hydrogen) atoms. The van der Waals surface area contributed by atoms with Crippen LogP contribution in [0.15, 0.2) is 52.9 Å². The number of fused-ring (bicyclic) bond motifs is 1. The van der Waals surface area contributed by atoms with E-state index >= 15 is 0 Å². The lowest BCUT2D eigenvalue weighted by molar-refractivity contribution is 0.453. The maximum Gasteiger partial charge on any atom is 0.142 e. The van der Waals surface area contributed by atoms with Crippen molar-refractivity contribution < 1.29 is 14.6 Å². The molecule has 0 aliphatic carbocycles. The summed E-state index contributed by atoms with van der Waals surface area (Å²) in [6, 6.07) is 14.2. The minimum absolute atomic E-state index is 0.0102. The molecule has 0 radical (unpaired) electrons. The van der Waals surface area contributed by atoms with Crippen LogP contribution in [0.2, 0.25) is 0 Å². The summed E-state index contributed by atoms with van der Waals surface area (Å²) in [6.07, 6.45) is 0. The fourth-order valence-electron chi connectivity index (χ4n) is 1.85. The molecule has 0 fully saturated rings. The molecule has 3 aromatic rings. The molecule has 0 bridgehead atoms. The third-order valence-electron chi connectivity index (χ3n) is 2.66. The van der Waals surface area contributed by atoms with Gasteiger partial charge in [-0.2, -0.15) is 0 Å². The Morgan fingerprint density at radius 1 is 0.882 bits per heavy atom. The van der Waals surface area contributed by atoms with E-state index in [4.69, 9.17) is 4.42 Å². The highest BCUT2D eigenvalue weighted by Gasteiger charge is 2.10. The molecular formula is C14H10O3. The van der Waals surface area contributed by atoms with E-state index in [9.17, 15) is 10.2 Å². The van der Waals surface area contributed by atoms with Gasteiger partial charge in [0.2, 0.25) is 0 Å². The second-order valence-corrected chi connectivity index (χ2v) is 3.85. The van der Waals surface area contributed by atoms with Crippen LogP contribution >= 0.6 is 0 Å². The molecule has 3 nitrogen and oxygen atoms in total. The van der Waals surface area contributed by atoms with Gasteiger partial charge in [-0.15, -0.1) is 0 Å². The van der Waals surface area contributed by atoms with Gasteiger partial charge in [-0.1, -0.05) is 30.3 Å². The number of furan rings is 1. The summed E-state index contributed by atoms with van der Waals surface area (Å²) < 4.78 is 5.60. The highest BCUT2D eigenvalue weighted by atomic mass is 16.3. The van der Waals surface area contributed by atoms with Crippen molar-refractivity contribution in [1.29, 1.82) is 0 Å². The normalized spacial score (nSPS) is 10.8. The lowest BCUT2D eigenvalue weighted by Gasteiger charge is -1.94. The zero-order valence-electron chi connectivity index (χ0n) is 8.92. The fourth-order valence-corrected chi connectivity index (χ4v) is 1.85. The molecular weight excluding hydrogens is 216 g/mol. The Morgan fingerprint density at radius 3 is 2.41 bits per heavy atom. The maximum absolute atomic E-state index is 9.69. The van der Waals surface area contributed by atoms with E-state index in [-0.39, 0.29) is 11.5 Å². The standard InChI is InChI=1S/C14H10O3/c15-10-6-12(16)11-8-13(17-14(11)7-10)9-4-2-1-3-5-9/h1-8,15-16H. The molecule has 0 atom stereocenters. The molecule has 0 aliphatic rings. The van der Waals surface area contributed by atoms with Crippen LogP contribution in [0.1, 0.15) is 0 Å². The average molecular weight is 226 g/mol. The average Bonchev–Trinajstić information content (AvgIpc) is 2.74. The van der Waals surface area contributed by atoms with Gasteiger partial charge in [0.25, 0.3) is 0 Å². The van der Waals surface area contributed by atoms with E-state index in [0.717, 1.165) is 5.56 Å². The van der Waals surface area contributed by atoms with Crippen molar-refractivity contribution in [2.45, 2.75) is 0 Å². The van der Waals surface area contributed by atoms with Crippen molar-refractivity contribution in [1.82, 2.24) is 0 Å². The summed E-state index contributed by atoms with van der Waals surface area (Å²) in [5.41, 5.74) is 1.41. The largest absolute Gasteiger partial charge is 0.508 e. The Hall–Kier alpha value is -2.42. The summed E-state index contributed by atoms with van der Waals surface area (Å²) in [5.74, 6) is 0.677. The van der Waals surface area contributed by atoms with E-state index in [1.807, 2.05) is 30.3 Å². The van der Waals surface area contributed by atoms with E-state index in [2.05, 4.69) is 0 Å². The number of benzene rings is 2. The highest BCUT2D eigenvalue weighted by Crippen LogP contribution is 2.35. The van der Waals surface area contributed by atoms with Crippen LogP contribution in [0, 0.1) is 0 Å². The predicted molar refractivity (Wildman–Crippen MR) is 65.0 cm³/mol. The Kier molecular flexibility index (Phi) is 2.05. The quantitative estimate of drug-likeness (QED) is 0.667. The van der Waals surface area contributed by atoms with Crippen LogP contribution in [-0.4, -0.2) is 10.2 Å². The molecule has 0 aliphatic heterocycles. The molecule has 2 aromatic carbocycles. The number of hydrogen-bond donors (Lipinski definition) is 2. The molecule has 0 amide bonds. The summed E-state index contributed by atoms with van der Waals surface area (Å²) in [5, 5.41) is 19.7. The molecule has 0 saturated carbocycles. The first-order chi connectivity index (χ1) is 8.24. The summed E-state index contributed by atoms with van der Waals surface area (Å²) in [7, 11) is 0. The number of phenols is 2. The zero-order valence-corrected chi connectivity index (χ0v) is 8.92. The predicted octanol–water partition coefficient (Wildman–Crippen LogP) is 3.51. The third kappa shape index (κ3) is 1.61. The van der Waals surface area contributed by atoms with Crippen molar-refractivity contribution in [2.75, 3.05) is 0 Å². The number of aromatic hydroxyl groups is 2. The minimum Gasteiger partial charge on any atom is -0.508 e. The van der Waals surface area contributed by atoms with E-state index < -0.39 is 0 Å². The molecule has 1 heterocycles. The summed E-state index contributed by atoms with van der Waals surface area (Å²) in [4.78, 5) is 0. The van der Waals surface area contributed by atoms with Gasteiger partial charge in [-0.25, -0.2) is 0 Å². The lowest BCUT2D eigenvalue weighted by Crippen LogP contribution is -1.69. The van der Waals surface area contributed by atoms with Gasteiger partial charge in [0, 0.05) is 17.7 Å². The molecule has 0 spiro atoms. The Morgan fingerprint density at radius 2 is 1.65 bits per heavy atom. The van der Waals surface area contributed by atoms with E-state index in [0.29, 0.717) is 16.7 Å². The van der Waals surface area contributed by atoms with Crippen molar-refractivity contribution in [3.63, 3.8) is 0 Å². The molecule has 0 unspecified atom stereocenters. The third-order valence-corrected chi connectivity index (χ3v) is 2.66. The molecule has 2 N–H and O–H groups in total. The molecule has 84 valence electrons. The van der Waals surface area contributed by atoms with Gasteiger partial charge in [0.1, 0.15) is 22.8 Å². The van der Waals surface area contributed by atoms with Crippen molar-refractivity contribution in [3.8, 4) is 22.8 Å². The molecule has 3 rings (SSSR count). The second kappa shape index (κ2) is 3.56. The second-order valence-electron chi connectivity index (χ2n) is 3.85. The molecule has 0 saturated heterocycles. The summed E-state index contributed by atoms with van der Waals surface area (Å²) >= 11 is 0. The zero-order chi connectivity index (χ0) is 11.8. The van der Waals surface area contributed by atoms with Crippen molar-refractivity contribution in [2.24, 2.45) is 0 Å². The van der Waals surface area contributed by atoms with Crippen LogP contribution in [-0.2, 0) is 0 Å². The van der Waals surface area contributed by atoms with Gasteiger partial charge in [-0.3, -0.25) is 0 Å². The van der Waals surface area contributed by atoms with Crippen molar-refractivity contribution in [3.05, 3.63) is 48.5 Å². The monoisotopic (exact) mass is 226 g/mol. The van der Waals surface area contributed by atoms with Crippen LogP contribution in [0.5, 0.6) is 11.5 Å². The maximum atomic E-state index is 9.69. The Bertz CT molecular complexity index is 669. The first-order valence-corrected chi connectivity index (χ1v) is 5.25. The minimum atomic E-state index is -0.0102. The van der Waals surface area contributed by atoms with E-state index in [1.165, 1.54) is 12.1 Å². The SMILES string of the molecule is Oc1cc(O)c2cc(-c3ccccc3)oc2c1. The topological polar surface area (TPSA) is 53.6 Å². The fraction of sp³-hybridized carbons (Fsp3) is 0. The number of hydrogen-bond acceptors (Lipinski definition) is 3. The van der Waals surface area contributed by atoms with Gasteiger partial charge in [0.05, 0.1) is 5.39 Å².